The lowest BCUT2D eigenvalue weighted by atomic mass is 10.2. The molecular formula is C17H19N5O3. The van der Waals surface area contributed by atoms with Crippen molar-refractivity contribution in [2.24, 2.45) is 14.1 Å². The van der Waals surface area contributed by atoms with Crippen LogP contribution in [0.25, 0.3) is 11.0 Å². The monoisotopic (exact) mass is 341 g/mol. The second-order valence-corrected chi connectivity index (χ2v) is 6.31. The van der Waals surface area contributed by atoms with Crippen LogP contribution in [0, 0.1) is 0 Å². The average Bonchev–Trinajstić information content (AvgIpc) is 3.26. The maximum atomic E-state index is 12.1. The van der Waals surface area contributed by atoms with E-state index in [4.69, 9.17) is 4.42 Å². The largest absolute Gasteiger partial charge is 0.464 e. The van der Waals surface area contributed by atoms with E-state index >= 15 is 0 Å². The van der Waals surface area contributed by atoms with Gasteiger partial charge in [0.1, 0.15) is 17.2 Å². The van der Waals surface area contributed by atoms with E-state index in [0.29, 0.717) is 12.4 Å². The molecule has 0 aliphatic carbocycles. The lowest BCUT2D eigenvalue weighted by Crippen LogP contribution is -2.40. The van der Waals surface area contributed by atoms with Crippen LogP contribution in [0.3, 0.4) is 0 Å². The number of hydrogen-bond donors (Lipinski definition) is 1. The number of rotatable bonds is 3. The molecule has 1 saturated heterocycles. The first-order chi connectivity index (χ1) is 12.0. The molecule has 0 saturated carbocycles. The molecule has 130 valence electrons. The molecule has 3 aromatic rings. The number of anilines is 2. The van der Waals surface area contributed by atoms with Gasteiger partial charge in [0.05, 0.1) is 11.6 Å². The molecule has 1 aliphatic heterocycles. The van der Waals surface area contributed by atoms with Crippen LogP contribution in [0.1, 0.15) is 6.42 Å². The van der Waals surface area contributed by atoms with Gasteiger partial charge in [-0.2, -0.15) is 0 Å². The molecule has 1 N–H and O–H groups in total. The number of nitrogens with zero attached hydrogens (tertiary/aromatic N) is 4. The van der Waals surface area contributed by atoms with Gasteiger partial charge < -0.3 is 14.6 Å². The Balaban J connectivity index is 1.57. The number of pyridine rings is 1. The van der Waals surface area contributed by atoms with Gasteiger partial charge in [-0.15, -0.1) is 0 Å². The fourth-order valence-electron chi connectivity index (χ4n) is 3.31. The summed E-state index contributed by atoms with van der Waals surface area (Å²) >= 11 is 0. The molecule has 1 aliphatic rings. The predicted octanol–water partition coefficient (Wildman–Crippen LogP) is 0.916. The average molecular weight is 341 g/mol. The Labute approximate surface area is 143 Å². The highest BCUT2D eigenvalue weighted by molar-refractivity contribution is 5.88. The molecule has 8 heteroatoms. The van der Waals surface area contributed by atoms with E-state index in [-0.39, 0.29) is 17.3 Å². The third-order valence-corrected chi connectivity index (χ3v) is 4.73. The normalized spacial score (nSPS) is 17.4. The fraction of sp³-hybridized carbons (Fsp3) is 0.353. The van der Waals surface area contributed by atoms with Gasteiger partial charge in [-0.3, -0.25) is 13.9 Å². The number of hydrogen-bond acceptors (Lipinski definition) is 6. The second kappa shape index (κ2) is 5.80. The van der Waals surface area contributed by atoms with Crippen molar-refractivity contribution in [1.82, 2.24) is 14.1 Å². The minimum absolute atomic E-state index is 0.173. The molecule has 0 unspecified atom stereocenters. The van der Waals surface area contributed by atoms with Crippen LogP contribution in [-0.2, 0) is 14.1 Å². The summed E-state index contributed by atoms with van der Waals surface area (Å²) in [4.78, 5) is 30.5. The van der Waals surface area contributed by atoms with Gasteiger partial charge in [0, 0.05) is 45.5 Å². The number of furan rings is 1. The maximum absolute atomic E-state index is 12.1. The minimum atomic E-state index is -0.316. The van der Waals surface area contributed by atoms with E-state index < -0.39 is 0 Å². The zero-order valence-corrected chi connectivity index (χ0v) is 14.1. The first-order valence-corrected chi connectivity index (χ1v) is 8.15. The molecule has 3 aromatic heterocycles. The van der Waals surface area contributed by atoms with Crippen molar-refractivity contribution < 1.29 is 4.42 Å². The molecule has 0 spiro atoms. The van der Waals surface area contributed by atoms with Crippen LogP contribution in [-0.4, -0.2) is 33.2 Å². The van der Waals surface area contributed by atoms with Crippen molar-refractivity contribution in [3.05, 3.63) is 51.5 Å². The summed E-state index contributed by atoms with van der Waals surface area (Å²) in [5, 5.41) is 4.39. The standard InChI is InChI=1S/C17H19N5O3/c1-20-14(9-15(23)21(2)17(20)24)22-7-4-11(10-22)19-16-12-5-8-25-13(12)3-6-18-16/h3,5-6,8-9,11H,4,7,10H2,1-2H3,(H,18,19)/t11-/m1/s1. The summed E-state index contributed by atoms with van der Waals surface area (Å²) in [6.45, 7) is 1.45. The van der Waals surface area contributed by atoms with Crippen molar-refractivity contribution in [2.75, 3.05) is 23.3 Å². The van der Waals surface area contributed by atoms with E-state index in [1.807, 2.05) is 12.1 Å². The van der Waals surface area contributed by atoms with Crippen molar-refractivity contribution >= 4 is 22.6 Å². The summed E-state index contributed by atoms with van der Waals surface area (Å²) in [7, 11) is 3.17. The van der Waals surface area contributed by atoms with Crippen molar-refractivity contribution in [3.8, 4) is 0 Å². The Morgan fingerprint density at radius 2 is 2.08 bits per heavy atom. The third-order valence-electron chi connectivity index (χ3n) is 4.73. The van der Waals surface area contributed by atoms with E-state index in [2.05, 4.69) is 15.2 Å². The Kier molecular flexibility index (Phi) is 3.60. The van der Waals surface area contributed by atoms with E-state index in [1.54, 1.807) is 19.5 Å². The number of nitrogens with one attached hydrogen (secondary N) is 1. The highest BCUT2D eigenvalue weighted by Gasteiger charge is 2.25. The van der Waals surface area contributed by atoms with Crippen molar-refractivity contribution in [3.63, 3.8) is 0 Å². The van der Waals surface area contributed by atoms with Gasteiger partial charge >= 0.3 is 5.69 Å². The van der Waals surface area contributed by atoms with Crippen LogP contribution < -0.4 is 21.5 Å². The molecule has 0 radical (unpaired) electrons. The summed E-state index contributed by atoms with van der Waals surface area (Å²) in [6.07, 6.45) is 4.25. The molecule has 0 bridgehead atoms. The number of fused-ring (bicyclic) bond motifs is 1. The van der Waals surface area contributed by atoms with Crippen molar-refractivity contribution in [1.29, 1.82) is 0 Å². The first-order valence-electron chi connectivity index (χ1n) is 8.15. The van der Waals surface area contributed by atoms with Crippen molar-refractivity contribution in [2.45, 2.75) is 12.5 Å². The summed E-state index contributed by atoms with van der Waals surface area (Å²) < 4.78 is 8.02. The molecule has 8 nitrogen and oxygen atoms in total. The second-order valence-electron chi connectivity index (χ2n) is 6.31. The lowest BCUT2D eigenvalue weighted by Gasteiger charge is -2.21. The molecule has 0 amide bonds. The van der Waals surface area contributed by atoms with Gasteiger partial charge in [-0.05, 0) is 18.6 Å². The fourth-order valence-corrected chi connectivity index (χ4v) is 3.31. The summed E-state index contributed by atoms with van der Waals surface area (Å²) in [5.41, 5.74) is 0.185. The first kappa shape index (κ1) is 15.5. The quantitative estimate of drug-likeness (QED) is 0.762. The van der Waals surface area contributed by atoms with Gasteiger partial charge in [-0.1, -0.05) is 0 Å². The Morgan fingerprint density at radius 1 is 1.24 bits per heavy atom. The molecule has 4 heterocycles. The molecule has 25 heavy (non-hydrogen) atoms. The summed E-state index contributed by atoms with van der Waals surface area (Å²) in [6, 6.07) is 5.41. The van der Waals surface area contributed by atoms with Gasteiger partial charge in [0.2, 0.25) is 0 Å². The SMILES string of the molecule is Cn1c(N2CC[C@@H](Nc3nccc4occc34)C2)cc(=O)n(C)c1=O. The van der Waals surface area contributed by atoms with Gasteiger partial charge in [0.25, 0.3) is 5.56 Å². The summed E-state index contributed by atoms with van der Waals surface area (Å²) in [5.74, 6) is 1.43. The zero-order chi connectivity index (χ0) is 17.6. The van der Waals surface area contributed by atoms with Crippen LogP contribution in [0.2, 0.25) is 0 Å². The Morgan fingerprint density at radius 3 is 2.92 bits per heavy atom. The molecule has 1 fully saturated rings. The Hall–Kier alpha value is -3.03. The van der Waals surface area contributed by atoms with Crippen LogP contribution in [0.4, 0.5) is 11.6 Å². The maximum Gasteiger partial charge on any atom is 0.332 e. The zero-order valence-electron chi connectivity index (χ0n) is 14.1. The van der Waals surface area contributed by atoms with Crippen LogP contribution >= 0.6 is 0 Å². The molecule has 1 atom stereocenters. The van der Waals surface area contributed by atoms with E-state index in [0.717, 1.165) is 34.3 Å². The third kappa shape index (κ3) is 2.59. The Bertz CT molecular complexity index is 1050. The smallest absolute Gasteiger partial charge is 0.332 e. The lowest BCUT2D eigenvalue weighted by molar-refractivity contribution is 0.615. The highest BCUT2D eigenvalue weighted by atomic mass is 16.3. The molecule has 4 rings (SSSR count). The van der Waals surface area contributed by atoms with Crippen LogP contribution in [0.15, 0.2) is 44.7 Å². The topological polar surface area (TPSA) is 85.3 Å². The molecular weight excluding hydrogens is 322 g/mol. The highest BCUT2D eigenvalue weighted by Crippen LogP contribution is 2.25. The van der Waals surface area contributed by atoms with Gasteiger partial charge in [0.15, 0.2) is 0 Å². The number of aromatic nitrogens is 3. The predicted molar refractivity (Wildman–Crippen MR) is 95.2 cm³/mol. The minimum Gasteiger partial charge on any atom is -0.464 e. The van der Waals surface area contributed by atoms with E-state index in [9.17, 15) is 9.59 Å². The molecule has 0 aromatic carbocycles. The van der Waals surface area contributed by atoms with E-state index in [1.165, 1.54) is 17.7 Å². The van der Waals surface area contributed by atoms with Crippen LogP contribution in [0.5, 0.6) is 0 Å². The van der Waals surface area contributed by atoms with Gasteiger partial charge in [-0.25, -0.2) is 9.78 Å².